The number of carbonyl (C=O) groups is 1. The van der Waals surface area contributed by atoms with Crippen LogP contribution in [0.1, 0.15) is 23.8 Å². The molecular formula is C18H24N4O3. The van der Waals surface area contributed by atoms with Gasteiger partial charge in [-0.15, -0.1) is 0 Å². The molecule has 1 aliphatic rings. The molecule has 1 aliphatic heterocycles. The van der Waals surface area contributed by atoms with Crippen LogP contribution in [0.3, 0.4) is 0 Å². The van der Waals surface area contributed by atoms with E-state index in [4.69, 9.17) is 9.26 Å². The standard InChI is InChI=1S/C18H24N4O3/c1-21(2)18-19-16(25-20-18)12-22-10-14(13-7-5-4-6-8-13)9-15(11-22)17(23)24-3/h4-8,14-15H,9-12H2,1-3H3/t14-,15+/m1/s1. The molecule has 0 radical (unpaired) electrons. The number of hydrogen-bond acceptors (Lipinski definition) is 7. The molecule has 0 saturated carbocycles. The maximum Gasteiger partial charge on any atom is 0.309 e. The zero-order chi connectivity index (χ0) is 17.8. The molecule has 0 bridgehead atoms. The quantitative estimate of drug-likeness (QED) is 0.767. The number of rotatable bonds is 5. The molecule has 25 heavy (non-hydrogen) atoms. The first-order valence-electron chi connectivity index (χ1n) is 8.42. The lowest BCUT2D eigenvalue weighted by Crippen LogP contribution is -2.42. The van der Waals surface area contributed by atoms with Gasteiger partial charge >= 0.3 is 5.97 Å². The lowest BCUT2D eigenvalue weighted by Gasteiger charge is -2.36. The van der Waals surface area contributed by atoms with Crippen molar-refractivity contribution in [1.82, 2.24) is 15.0 Å². The predicted octanol–water partition coefficient (Wildman–Crippen LogP) is 1.91. The second kappa shape index (κ2) is 7.65. The summed E-state index contributed by atoms with van der Waals surface area (Å²) in [7, 11) is 5.18. The third kappa shape index (κ3) is 4.17. The van der Waals surface area contributed by atoms with Crippen molar-refractivity contribution in [3.8, 4) is 0 Å². The fourth-order valence-corrected chi connectivity index (χ4v) is 3.31. The van der Waals surface area contributed by atoms with Crippen LogP contribution in [0.5, 0.6) is 0 Å². The highest BCUT2D eigenvalue weighted by Gasteiger charge is 2.33. The summed E-state index contributed by atoms with van der Waals surface area (Å²) >= 11 is 0. The topological polar surface area (TPSA) is 71.7 Å². The van der Waals surface area contributed by atoms with Crippen LogP contribution in [0.15, 0.2) is 34.9 Å². The molecule has 1 saturated heterocycles. The van der Waals surface area contributed by atoms with E-state index >= 15 is 0 Å². The summed E-state index contributed by atoms with van der Waals surface area (Å²) in [4.78, 5) is 20.5. The predicted molar refractivity (Wildman–Crippen MR) is 93.2 cm³/mol. The van der Waals surface area contributed by atoms with Gasteiger partial charge in [-0.05, 0) is 23.1 Å². The lowest BCUT2D eigenvalue weighted by molar-refractivity contribution is -0.147. The molecule has 0 amide bonds. The first kappa shape index (κ1) is 17.4. The SMILES string of the molecule is COC(=O)[C@H]1C[C@@H](c2ccccc2)CN(Cc2nc(N(C)C)no2)C1. The molecule has 2 heterocycles. The number of piperidine rings is 1. The Morgan fingerprint density at radius 1 is 1.32 bits per heavy atom. The molecule has 0 N–H and O–H groups in total. The van der Waals surface area contributed by atoms with Gasteiger partial charge in [-0.25, -0.2) is 0 Å². The van der Waals surface area contributed by atoms with Crippen LogP contribution in [0.25, 0.3) is 0 Å². The first-order chi connectivity index (χ1) is 12.1. The lowest BCUT2D eigenvalue weighted by atomic mass is 9.84. The van der Waals surface area contributed by atoms with E-state index in [0.29, 0.717) is 24.9 Å². The van der Waals surface area contributed by atoms with Crippen LogP contribution in [-0.4, -0.2) is 55.3 Å². The van der Waals surface area contributed by atoms with Gasteiger partial charge in [0.15, 0.2) is 0 Å². The molecule has 7 heteroatoms. The Morgan fingerprint density at radius 3 is 2.72 bits per heavy atom. The second-order valence-electron chi connectivity index (χ2n) is 6.64. The van der Waals surface area contributed by atoms with Crippen LogP contribution >= 0.6 is 0 Å². The van der Waals surface area contributed by atoms with Crippen molar-refractivity contribution in [2.45, 2.75) is 18.9 Å². The van der Waals surface area contributed by atoms with Gasteiger partial charge in [0.05, 0.1) is 19.6 Å². The van der Waals surface area contributed by atoms with Crippen LogP contribution in [0.4, 0.5) is 5.95 Å². The fraction of sp³-hybridized carbons (Fsp3) is 0.500. The summed E-state index contributed by atoms with van der Waals surface area (Å²) < 4.78 is 10.3. The van der Waals surface area contributed by atoms with Gasteiger partial charge < -0.3 is 14.2 Å². The smallest absolute Gasteiger partial charge is 0.309 e. The van der Waals surface area contributed by atoms with E-state index in [-0.39, 0.29) is 17.8 Å². The van der Waals surface area contributed by atoms with E-state index < -0.39 is 0 Å². The number of nitrogens with zero attached hydrogens (tertiary/aromatic N) is 4. The third-order valence-corrected chi connectivity index (χ3v) is 4.55. The Balaban J connectivity index is 1.76. The molecule has 2 atom stereocenters. The van der Waals surface area contributed by atoms with Crippen molar-refractivity contribution in [2.24, 2.45) is 5.92 Å². The zero-order valence-electron chi connectivity index (χ0n) is 14.9. The van der Waals surface area contributed by atoms with Gasteiger partial charge in [-0.3, -0.25) is 9.69 Å². The van der Waals surface area contributed by atoms with E-state index in [9.17, 15) is 4.79 Å². The van der Waals surface area contributed by atoms with Crippen molar-refractivity contribution >= 4 is 11.9 Å². The third-order valence-electron chi connectivity index (χ3n) is 4.55. The minimum Gasteiger partial charge on any atom is -0.469 e. The Labute approximate surface area is 147 Å². The second-order valence-corrected chi connectivity index (χ2v) is 6.64. The number of carbonyl (C=O) groups excluding carboxylic acids is 1. The van der Waals surface area contributed by atoms with Gasteiger partial charge in [-0.1, -0.05) is 30.3 Å². The number of ether oxygens (including phenoxy) is 1. The maximum absolute atomic E-state index is 12.1. The van der Waals surface area contributed by atoms with Crippen LogP contribution in [0, 0.1) is 5.92 Å². The Bertz CT molecular complexity index is 701. The molecule has 2 aromatic rings. The number of benzene rings is 1. The van der Waals surface area contributed by atoms with Crippen LogP contribution in [-0.2, 0) is 16.1 Å². The van der Waals surface area contributed by atoms with E-state index in [1.54, 1.807) is 4.90 Å². The Kier molecular flexibility index (Phi) is 5.33. The molecular weight excluding hydrogens is 320 g/mol. The molecule has 0 unspecified atom stereocenters. The molecule has 3 rings (SSSR count). The first-order valence-corrected chi connectivity index (χ1v) is 8.42. The normalized spacial score (nSPS) is 21.1. The summed E-state index contributed by atoms with van der Waals surface area (Å²) in [6, 6.07) is 10.3. The summed E-state index contributed by atoms with van der Waals surface area (Å²) in [5, 5.41) is 3.95. The van der Waals surface area contributed by atoms with Gasteiger partial charge in [0, 0.05) is 27.2 Å². The number of methoxy groups -OCH3 is 1. The summed E-state index contributed by atoms with van der Waals surface area (Å²) in [6.07, 6.45) is 0.792. The van der Waals surface area contributed by atoms with Gasteiger partial charge in [0.25, 0.3) is 5.95 Å². The monoisotopic (exact) mass is 344 g/mol. The molecule has 1 aromatic heterocycles. The van der Waals surface area contributed by atoms with Crippen LogP contribution in [0.2, 0.25) is 0 Å². The van der Waals surface area contributed by atoms with Crippen LogP contribution < -0.4 is 4.90 Å². The number of hydrogen-bond donors (Lipinski definition) is 0. The van der Waals surface area contributed by atoms with E-state index in [0.717, 1.165) is 13.0 Å². The number of anilines is 1. The summed E-state index contributed by atoms with van der Waals surface area (Å²) in [5.74, 6) is 1.07. The fourth-order valence-electron chi connectivity index (χ4n) is 3.31. The largest absolute Gasteiger partial charge is 0.469 e. The maximum atomic E-state index is 12.1. The number of esters is 1. The highest BCUT2D eigenvalue weighted by atomic mass is 16.5. The molecule has 0 aliphatic carbocycles. The van der Waals surface area contributed by atoms with Gasteiger partial charge in [0.2, 0.25) is 5.89 Å². The molecule has 7 nitrogen and oxygen atoms in total. The molecule has 0 spiro atoms. The molecule has 1 aromatic carbocycles. The number of aromatic nitrogens is 2. The van der Waals surface area contributed by atoms with E-state index in [1.807, 2.05) is 32.3 Å². The van der Waals surface area contributed by atoms with Crippen molar-refractivity contribution < 1.29 is 14.1 Å². The van der Waals surface area contributed by atoms with Crippen molar-refractivity contribution in [3.05, 3.63) is 41.8 Å². The van der Waals surface area contributed by atoms with Crippen molar-refractivity contribution in [3.63, 3.8) is 0 Å². The molecule has 1 fully saturated rings. The highest BCUT2D eigenvalue weighted by Crippen LogP contribution is 2.31. The van der Waals surface area contributed by atoms with Gasteiger partial charge in [-0.2, -0.15) is 4.98 Å². The summed E-state index contributed by atoms with van der Waals surface area (Å²) in [5.41, 5.74) is 1.24. The van der Waals surface area contributed by atoms with Gasteiger partial charge in [0.1, 0.15) is 0 Å². The molecule has 134 valence electrons. The average Bonchev–Trinajstić information content (AvgIpc) is 3.10. The minimum absolute atomic E-state index is 0.153. The summed E-state index contributed by atoms with van der Waals surface area (Å²) in [6.45, 7) is 2.00. The number of likely N-dealkylation sites (tertiary alicyclic amines) is 1. The van der Waals surface area contributed by atoms with E-state index in [2.05, 4.69) is 27.2 Å². The van der Waals surface area contributed by atoms with Crippen molar-refractivity contribution in [2.75, 3.05) is 39.2 Å². The van der Waals surface area contributed by atoms with Crippen molar-refractivity contribution in [1.29, 1.82) is 0 Å². The Hall–Kier alpha value is -2.41. The highest BCUT2D eigenvalue weighted by molar-refractivity contribution is 5.72. The Morgan fingerprint density at radius 2 is 2.08 bits per heavy atom. The minimum atomic E-state index is -0.162. The van der Waals surface area contributed by atoms with E-state index in [1.165, 1.54) is 12.7 Å². The average molecular weight is 344 g/mol. The zero-order valence-corrected chi connectivity index (χ0v) is 14.9.